The van der Waals surface area contributed by atoms with Crippen molar-refractivity contribution in [2.24, 2.45) is 0 Å². The number of fused-ring (bicyclic) bond motifs is 1. The lowest BCUT2D eigenvalue weighted by Crippen LogP contribution is -2.34. The number of ether oxygens (including phenoxy) is 1. The summed E-state index contributed by atoms with van der Waals surface area (Å²) in [6, 6.07) is 16.2. The highest BCUT2D eigenvalue weighted by Gasteiger charge is 2.35. The molecule has 0 aliphatic carbocycles. The van der Waals surface area contributed by atoms with Crippen LogP contribution in [0.15, 0.2) is 54.9 Å². The zero-order valence-corrected chi connectivity index (χ0v) is 18.8. The molecule has 1 amide bonds. The molecule has 3 heterocycles. The third-order valence-electron chi connectivity index (χ3n) is 5.83. The van der Waals surface area contributed by atoms with Crippen LogP contribution >= 0.6 is 0 Å². The molecule has 1 N–H and O–H groups in total. The smallest absolute Gasteiger partial charge is 0.417 e. The van der Waals surface area contributed by atoms with Crippen LogP contribution in [-0.2, 0) is 4.74 Å². The maximum atomic E-state index is 12.2. The molecule has 1 fully saturated rings. The van der Waals surface area contributed by atoms with Crippen LogP contribution in [0.3, 0.4) is 0 Å². The number of aryl methyl sites for hydroxylation is 1. The number of anilines is 2. The molecule has 5 rings (SSSR count). The molecule has 9 nitrogen and oxygen atoms in total. The lowest BCUT2D eigenvalue weighted by Gasteiger charge is -2.20. The van der Waals surface area contributed by atoms with Gasteiger partial charge in [-0.1, -0.05) is 31.2 Å². The van der Waals surface area contributed by atoms with Gasteiger partial charge >= 0.3 is 6.09 Å². The molecule has 9 heteroatoms. The third kappa shape index (κ3) is 3.97. The summed E-state index contributed by atoms with van der Waals surface area (Å²) in [5.74, 6) is 1.25. The molecule has 2 atom stereocenters. The second kappa shape index (κ2) is 8.50. The van der Waals surface area contributed by atoms with Gasteiger partial charge in [-0.3, -0.25) is 4.57 Å². The molecule has 33 heavy (non-hydrogen) atoms. The Balaban J connectivity index is 1.40. The molecule has 0 radical (unpaired) electrons. The van der Waals surface area contributed by atoms with Crippen LogP contribution in [0.2, 0.25) is 0 Å². The monoisotopic (exact) mass is 443 g/mol. The number of cyclic esters (lactones) is 1. The lowest BCUT2D eigenvalue weighted by atomic mass is 10.1. The van der Waals surface area contributed by atoms with Crippen LogP contribution in [0, 0.1) is 6.92 Å². The second-order valence-electron chi connectivity index (χ2n) is 8.08. The quantitative estimate of drug-likeness (QED) is 0.471. The number of benzene rings is 2. The van der Waals surface area contributed by atoms with E-state index in [9.17, 15) is 4.79 Å². The van der Waals surface area contributed by atoms with E-state index >= 15 is 0 Å². The first-order valence-electron chi connectivity index (χ1n) is 11.0. The number of carbonyl (C=O) groups excluding carboxylic acids is 1. The number of hydrogen-bond acceptors (Lipinski definition) is 7. The van der Waals surface area contributed by atoms with Gasteiger partial charge in [0.2, 0.25) is 11.9 Å². The van der Waals surface area contributed by atoms with Gasteiger partial charge in [0.05, 0.1) is 23.1 Å². The first kappa shape index (κ1) is 20.9. The second-order valence-corrected chi connectivity index (χ2v) is 8.08. The Morgan fingerprint density at radius 1 is 1.15 bits per heavy atom. The summed E-state index contributed by atoms with van der Waals surface area (Å²) in [5.41, 5.74) is 4.06. The summed E-state index contributed by atoms with van der Waals surface area (Å²) in [7, 11) is 0. The van der Waals surface area contributed by atoms with Gasteiger partial charge < -0.3 is 10.1 Å². The van der Waals surface area contributed by atoms with E-state index in [4.69, 9.17) is 4.74 Å². The van der Waals surface area contributed by atoms with E-state index in [0.29, 0.717) is 24.3 Å². The maximum absolute atomic E-state index is 12.2. The number of amides is 1. The van der Waals surface area contributed by atoms with Crippen molar-refractivity contribution < 1.29 is 9.53 Å². The van der Waals surface area contributed by atoms with Crippen LogP contribution in [0.5, 0.6) is 0 Å². The Hall–Kier alpha value is -4.01. The van der Waals surface area contributed by atoms with Gasteiger partial charge in [-0.25, -0.2) is 14.7 Å². The molecule has 0 bridgehead atoms. The summed E-state index contributed by atoms with van der Waals surface area (Å²) in [6.07, 6.45) is 2.17. The van der Waals surface area contributed by atoms with Crippen molar-refractivity contribution in [3.63, 3.8) is 0 Å². The fourth-order valence-electron chi connectivity index (χ4n) is 4.02. The topological polar surface area (TPSA) is 98.1 Å². The van der Waals surface area contributed by atoms with Crippen LogP contribution in [0.1, 0.15) is 37.7 Å². The highest BCUT2D eigenvalue weighted by Crippen LogP contribution is 2.26. The fourth-order valence-corrected chi connectivity index (χ4v) is 4.02. The minimum atomic E-state index is -0.425. The third-order valence-corrected chi connectivity index (χ3v) is 5.83. The summed E-state index contributed by atoms with van der Waals surface area (Å²) >= 11 is 0. The van der Waals surface area contributed by atoms with Crippen molar-refractivity contribution in [2.75, 3.05) is 16.8 Å². The molecule has 1 aliphatic rings. The average Bonchev–Trinajstić information content (AvgIpc) is 3.41. The molecule has 1 saturated heterocycles. The van der Waals surface area contributed by atoms with Crippen molar-refractivity contribution in [3.05, 3.63) is 66.2 Å². The van der Waals surface area contributed by atoms with Crippen LogP contribution in [0.4, 0.5) is 16.7 Å². The number of nitrogens with zero attached hydrogens (tertiary/aromatic N) is 6. The first-order valence-corrected chi connectivity index (χ1v) is 11.0. The largest absolute Gasteiger partial charge is 0.447 e. The molecular formula is C24H25N7O2. The molecular weight excluding hydrogens is 418 g/mol. The molecule has 2 aromatic heterocycles. The fraction of sp³-hybridized carbons (Fsp3) is 0.292. The predicted octanol–water partition coefficient (Wildman–Crippen LogP) is 4.43. The average molecular weight is 444 g/mol. The van der Waals surface area contributed by atoms with Gasteiger partial charge in [0.1, 0.15) is 18.8 Å². The van der Waals surface area contributed by atoms with Crippen LogP contribution < -0.4 is 10.2 Å². The zero-order chi connectivity index (χ0) is 22.9. The lowest BCUT2D eigenvalue weighted by molar-refractivity contribution is 0.178. The SMILES string of the molecule is CC[C@H]1COC(=O)N1c1nc(C)nc(N[C@@H](C)c2ccc3c(c2)ncn3-c2ccccc2)n1. The van der Waals surface area contributed by atoms with Gasteiger partial charge in [0.15, 0.2) is 0 Å². The Kier molecular flexibility index (Phi) is 5.37. The highest BCUT2D eigenvalue weighted by molar-refractivity contribution is 5.88. The summed E-state index contributed by atoms with van der Waals surface area (Å²) in [5, 5.41) is 3.34. The molecule has 1 aliphatic heterocycles. The normalized spacial score (nSPS) is 16.8. The Morgan fingerprint density at radius 2 is 1.97 bits per heavy atom. The van der Waals surface area contributed by atoms with Gasteiger partial charge in [0, 0.05) is 5.69 Å². The minimum Gasteiger partial charge on any atom is -0.447 e. The highest BCUT2D eigenvalue weighted by atomic mass is 16.6. The summed E-state index contributed by atoms with van der Waals surface area (Å²) in [6.45, 7) is 6.16. The van der Waals surface area contributed by atoms with Crippen molar-refractivity contribution in [2.45, 2.75) is 39.3 Å². The van der Waals surface area contributed by atoms with Crippen LogP contribution in [0.25, 0.3) is 16.7 Å². The number of carbonyl (C=O) groups is 1. The van der Waals surface area contributed by atoms with Crippen molar-refractivity contribution in [1.29, 1.82) is 0 Å². The van der Waals surface area contributed by atoms with E-state index in [2.05, 4.69) is 60.2 Å². The van der Waals surface area contributed by atoms with Gasteiger partial charge in [-0.15, -0.1) is 0 Å². The standard InChI is InChI=1S/C24H25N7O2/c1-4-18-13-33-24(32)31(18)23-28-16(3)27-22(29-23)26-15(2)17-10-11-21-20(12-17)25-14-30(21)19-8-6-5-7-9-19/h5-12,14-15,18H,4,13H2,1-3H3,(H,26,27,28,29)/t15-,18-/m0/s1. The Bertz CT molecular complexity index is 1300. The summed E-state index contributed by atoms with van der Waals surface area (Å²) < 4.78 is 7.25. The number of imidazole rings is 1. The van der Waals surface area contributed by atoms with Crippen LogP contribution in [-0.4, -0.2) is 43.2 Å². The molecule has 0 spiro atoms. The number of nitrogens with one attached hydrogen (secondary N) is 1. The van der Waals surface area contributed by atoms with Crippen molar-refractivity contribution >= 4 is 29.0 Å². The molecule has 2 aromatic carbocycles. The Morgan fingerprint density at radius 3 is 2.76 bits per heavy atom. The number of rotatable bonds is 6. The van der Waals surface area contributed by atoms with E-state index in [1.807, 2.05) is 38.4 Å². The van der Waals surface area contributed by atoms with Gasteiger partial charge in [-0.2, -0.15) is 15.0 Å². The van der Waals surface area contributed by atoms with E-state index in [0.717, 1.165) is 28.7 Å². The van der Waals surface area contributed by atoms with Crippen molar-refractivity contribution in [3.8, 4) is 5.69 Å². The first-order chi connectivity index (χ1) is 16.0. The zero-order valence-electron chi connectivity index (χ0n) is 18.8. The molecule has 168 valence electrons. The van der Waals surface area contributed by atoms with E-state index < -0.39 is 6.09 Å². The number of para-hydroxylation sites is 1. The molecule has 4 aromatic rings. The van der Waals surface area contributed by atoms with Gasteiger partial charge in [0.25, 0.3) is 0 Å². The summed E-state index contributed by atoms with van der Waals surface area (Å²) in [4.78, 5) is 31.6. The molecule has 0 unspecified atom stereocenters. The maximum Gasteiger partial charge on any atom is 0.417 e. The van der Waals surface area contributed by atoms with Gasteiger partial charge in [-0.05, 0) is 50.1 Å². The Labute approximate surface area is 191 Å². The van der Waals surface area contributed by atoms with Crippen molar-refractivity contribution in [1.82, 2.24) is 24.5 Å². The van der Waals surface area contributed by atoms with E-state index in [1.165, 1.54) is 4.90 Å². The number of aromatic nitrogens is 5. The number of hydrogen-bond donors (Lipinski definition) is 1. The van der Waals surface area contributed by atoms with E-state index in [1.54, 1.807) is 6.92 Å². The molecule has 0 saturated carbocycles. The predicted molar refractivity (Wildman–Crippen MR) is 126 cm³/mol. The van der Waals surface area contributed by atoms with E-state index in [-0.39, 0.29) is 12.1 Å². The minimum absolute atomic E-state index is 0.0771.